The monoisotopic (exact) mass is 618 g/mol. The molecule has 3 aliphatic rings. The van der Waals surface area contributed by atoms with Crippen molar-refractivity contribution in [3.8, 4) is 11.5 Å². The zero-order chi connectivity index (χ0) is 31.1. The van der Waals surface area contributed by atoms with Crippen LogP contribution in [-0.2, 0) is 4.74 Å². The second-order valence-electron chi connectivity index (χ2n) is 13.4. The SMILES string of the molecule is CCCCOc1ccc(C2CCC(COC3CCC(C4CCC(c5ccc(OCC)c(F)c5F)CC4)CC3)CC2)c(F)c1F. The van der Waals surface area contributed by atoms with Crippen molar-refractivity contribution in [2.45, 2.75) is 122 Å². The average molecular weight is 619 g/mol. The topological polar surface area (TPSA) is 27.7 Å². The van der Waals surface area contributed by atoms with Crippen molar-refractivity contribution < 1.29 is 31.8 Å². The maximum absolute atomic E-state index is 14.9. The Kier molecular flexibility index (Phi) is 11.9. The number of rotatable bonds is 12. The minimum atomic E-state index is -0.861. The molecule has 0 radical (unpaired) electrons. The first-order chi connectivity index (χ1) is 21.4. The third-order valence-electron chi connectivity index (χ3n) is 10.7. The van der Waals surface area contributed by atoms with Crippen molar-refractivity contribution in [1.82, 2.24) is 0 Å². The predicted octanol–water partition coefficient (Wildman–Crippen LogP) is 10.6. The highest BCUT2D eigenvalue weighted by molar-refractivity contribution is 5.34. The van der Waals surface area contributed by atoms with E-state index in [4.69, 9.17) is 14.2 Å². The van der Waals surface area contributed by atoms with Gasteiger partial charge in [0.1, 0.15) is 0 Å². The van der Waals surface area contributed by atoms with Gasteiger partial charge in [-0.3, -0.25) is 0 Å². The minimum absolute atomic E-state index is 0.00396. The summed E-state index contributed by atoms with van der Waals surface area (Å²) in [6.07, 6.45) is 14.1. The number of halogens is 4. The highest BCUT2D eigenvalue weighted by Gasteiger charge is 2.34. The molecule has 44 heavy (non-hydrogen) atoms. The summed E-state index contributed by atoms with van der Waals surface area (Å²) in [6.45, 7) is 5.26. The Morgan fingerprint density at radius 3 is 1.61 bits per heavy atom. The fourth-order valence-electron chi connectivity index (χ4n) is 7.97. The van der Waals surface area contributed by atoms with Crippen molar-refractivity contribution in [2.24, 2.45) is 17.8 Å². The van der Waals surface area contributed by atoms with Crippen LogP contribution < -0.4 is 9.47 Å². The van der Waals surface area contributed by atoms with E-state index in [1.807, 2.05) is 6.92 Å². The number of ether oxygens (including phenoxy) is 3. The van der Waals surface area contributed by atoms with Gasteiger partial charge in [-0.1, -0.05) is 25.5 Å². The van der Waals surface area contributed by atoms with E-state index in [1.54, 1.807) is 31.2 Å². The van der Waals surface area contributed by atoms with Gasteiger partial charge in [-0.05, 0) is 143 Å². The number of benzene rings is 2. The Balaban J connectivity index is 1.01. The summed E-state index contributed by atoms with van der Waals surface area (Å²) in [7, 11) is 0. The molecule has 3 fully saturated rings. The third kappa shape index (κ3) is 7.92. The van der Waals surface area contributed by atoms with E-state index >= 15 is 0 Å². The summed E-state index contributed by atoms with van der Waals surface area (Å²) >= 11 is 0. The Bertz CT molecular complexity index is 1200. The molecule has 0 heterocycles. The molecule has 0 bridgehead atoms. The Labute approximate surface area is 261 Å². The molecule has 3 nitrogen and oxygen atoms in total. The lowest BCUT2D eigenvalue weighted by Gasteiger charge is -2.38. The maximum atomic E-state index is 14.9. The molecule has 5 rings (SSSR count). The van der Waals surface area contributed by atoms with Gasteiger partial charge < -0.3 is 14.2 Å². The summed E-state index contributed by atoms with van der Waals surface area (Å²) < 4.78 is 75.7. The second-order valence-corrected chi connectivity index (χ2v) is 13.4. The molecule has 0 spiro atoms. The summed E-state index contributed by atoms with van der Waals surface area (Å²) in [6, 6.07) is 6.58. The van der Waals surface area contributed by atoms with Crippen molar-refractivity contribution >= 4 is 0 Å². The molecule has 0 saturated heterocycles. The maximum Gasteiger partial charge on any atom is 0.200 e. The molecule has 3 aliphatic carbocycles. The van der Waals surface area contributed by atoms with Crippen LogP contribution in [-0.4, -0.2) is 25.9 Å². The summed E-state index contributed by atoms with van der Waals surface area (Å²) in [4.78, 5) is 0. The molecule has 0 amide bonds. The fraction of sp³-hybridized carbons (Fsp3) is 0.676. The molecule has 244 valence electrons. The lowest BCUT2D eigenvalue weighted by atomic mass is 9.69. The van der Waals surface area contributed by atoms with Gasteiger partial charge in [-0.25, -0.2) is 8.78 Å². The lowest BCUT2D eigenvalue weighted by molar-refractivity contribution is -0.0149. The fourth-order valence-corrected chi connectivity index (χ4v) is 7.97. The zero-order valence-corrected chi connectivity index (χ0v) is 26.5. The third-order valence-corrected chi connectivity index (χ3v) is 10.7. The molecule has 7 heteroatoms. The summed E-state index contributed by atoms with van der Waals surface area (Å²) in [5.74, 6) is -1.27. The molecule has 3 saturated carbocycles. The van der Waals surface area contributed by atoms with Crippen LogP contribution in [0.1, 0.15) is 127 Å². The van der Waals surface area contributed by atoms with Crippen molar-refractivity contribution in [3.63, 3.8) is 0 Å². The van der Waals surface area contributed by atoms with E-state index in [2.05, 4.69) is 0 Å². The van der Waals surface area contributed by atoms with Crippen molar-refractivity contribution in [2.75, 3.05) is 19.8 Å². The van der Waals surface area contributed by atoms with E-state index in [1.165, 1.54) is 12.8 Å². The van der Waals surface area contributed by atoms with Gasteiger partial charge in [0.2, 0.25) is 11.6 Å². The average Bonchev–Trinajstić information content (AvgIpc) is 3.05. The smallest absolute Gasteiger partial charge is 0.200 e. The van der Waals surface area contributed by atoms with Gasteiger partial charge in [-0.2, -0.15) is 8.78 Å². The van der Waals surface area contributed by atoms with E-state index in [0.29, 0.717) is 48.2 Å². The zero-order valence-electron chi connectivity index (χ0n) is 26.5. The van der Waals surface area contributed by atoms with Gasteiger partial charge in [0.25, 0.3) is 0 Å². The first-order valence-electron chi connectivity index (χ1n) is 17.2. The standard InChI is InChI=1S/C37H50F4O3/c1-3-5-22-43-33-21-19-30(35(39)37(33)41)27-8-6-24(7-9-27)23-44-29-16-14-26(15-17-29)25-10-12-28(13-11-25)31-18-20-32(42-4-2)36(40)34(31)38/h18-21,24-29H,3-17,22-23H2,1-2H3. The molecule has 2 aromatic rings. The van der Waals surface area contributed by atoms with Crippen LogP contribution in [0.2, 0.25) is 0 Å². The Morgan fingerprint density at radius 2 is 1.09 bits per heavy atom. The number of hydrogen-bond donors (Lipinski definition) is 0. The van der Waals surface area contributed by atoms with Gasteiger partial charge >= 0.3 is 0 Å². The molecule has 0 atom stereocenters. The van der Waals surface area contributed by atoms with Crippen LogP contribution in [0, 0.1) is 41.0 Å². The van der Waals surface area contributed by atoms with E-state index in [9.17, 15) is 17.6 Å². The molecule has 2 aromatic carbocycles. The van der Waals surface area contributed by atoms with Gasteiger partial charge in [0, 0.05) is 6.61 Å². The summed E-state index contributed by atoms with van der Waals surface area (Å²) in [5, 5.41) is 0. The summed E-state index contributed by atoms with van der Waals surface area (Å²) in [5.41, 5.74) is 0.979. The number of unbranched alkanes of at least 4 members (excludes halogenated alkanes) is 1. The van der Waals surface area contributed by atoms with Crippen LogP contribution in [0.15, 0.2) is 24.3 Å². The largest absolute Gasteiger partial charge is 0.491 e. The Hall–Kier alpha value is -2.28. The molecular formula is C37H50F4O3. The van der Waals surface area contributed by atoms with E-state index in [0.717, 1.165) is 83.7 Å². The molecular weight excluding hydrogens is 568 g/mol. The van der Waals surface area contributed by atoms with Crippen molar-refractivity contribution in [1.29, 1.82) is 0 Å². The van der Waals surface area contributed by atoms with Gasteiger partial charge in [0.15, 0.2) is 23.1 Å². The highest BCUT2D eigenvalue weighted by atomic mass is 19.2. The molecule has 0 N–H and O–H groups in total. The normalized spacial score (nSPS) is 27.7. The van der Waals surface area contributed by atoms with Crippen LogP contribution in [0.3, 0.4) is 0 Å². The van der Waals surface area contributed by atoms with Gasteiger partial charge in [0.05, 0.1) is 19.3 Å². The molecule has 0 aromatic heterocycles. The van der Waals surface area contributed by atoms with Gasteiger partial charge in [-0.15, -0.1) is 0 Å². The number of hydrogen-bond acceptors (Lipinski definition) is 3. The Morgan fingerprint density at radius 1 is 0.591 bits per heavy atom. The lowest BCUT2D eigenvalue weighted by Crippen LogP contribution is -2.30. The first-order valence-corrected chi connectivity index (χ1v) is 17.2. The highest BCUT2D eigenvalue weighted by Crippen LogP contribution is 2.45. The van der Waals surface area contributed by atoms with Crippen LogP contribution in [0.5, 0.6) is 11.5 Å². The van der Waals surface area contributed by atoms with Crippen LogP contribution in [0.25, 0.3) is 0 Å². The van der Waals surface area contributed by atoms with E-state index in [-0.39, 0.29) is 23.3 Å². The molecule has 0 aliphatic heterocycles. The van der Waals surface area contributed by atoms with E-state index < -0.39 is 23.3 Å². The van der Waals surface area contributed by atoms with Crippen LogP contribution >= 0.6 is 0 Å². The minimum Gasteiger partial charge on any atom is -0.491 e. The second kappa shape index (κ2) is 15.8. The van der Waals surface area contributed by atoms with Crippen molar-refractivity contribution in [3.05, 3.63) is 58.7 Å². The molecule has 0 unspecified atom stereocenters. The first kappa shape index (κ1) is 33.1. The quantitative estimate of drug-likeness (QED) is 0.175. The van der Waals surface area contributed by atoms with Crippen LogP contribution in [0.4, 0.5) is 17.6 Å². The predicted molar refractivity (Wildman–Crippen MR) is 165 cm³/mol.